The van der Waals surface area contributed by atoms with Crippen molar-refractivity contribution < 1.29 is 14.6 Å². The van der Waals surface area contributed by atoms with Crippen LogP contribution in [0.5, 0.6) is 0 Å². The summed E-state index contributed by atoms with van der Waals surface area (Å²) in [6.45, 7) is 2.43. The van der Waals surface area contributed by atoms with Crippen LogP contribution >= 0.6 is 23.1 Å². The molecule has 1 heterocycles. The van der Waals surface area contributed by atoms with E-state index in [1.165, 1.54) is 11.8 Å². The average Bonchev–Trinajstić information content (AvgIpc) is 2.76. The lowest BCUT2D eigenvalue weighted by molar-refractivity contribution is -0.119. The van der Waals surface area contributed by atoms with Gasteiger partial charge in [-0.3, -0.25) is 4.79 Å². The van der Waals surface area contributed by atoms with E-state index in [1.54, 1.807) is 18.4 Å². The summed E-state index contributed by atoms with van der Waals surface area (Å²) in [6.07, 6.45) is 0.509. The van der Waals surface area contributed by atoms with Gasteiger partial charge in [0.05, 0.1) is 29.1 Å². The Hall–Kier alpha value is -0.630. The van der Waals surface area contributed by atoms with Crippen molar-refractivity contribution in [2.75, 3.05) is 26.1 Å². The number of rotatable bonds is 9. The number of aryl methyl sites for hydroxylation is 1. The highest BCUT2D eigenvalue weighted by Crippen LogP contribution is 2.14. The van der Waals surface area contributed by atoms with E-state index < -0.39 is 0 Å². The first-order chi connectivity index (χ1) is 9.15. The SMILES string of the molecule is COCC(CCO)NC(=O)CSCc1csc(C)n1. The normalized spacial score (nSPS) is 12.4. The molecule has 1 amide bonds. The minimum atomic E-state index is -0.121. The Kier molecular flexibility index (Phi) is 8.04. The lowest BCUT2D eigenvalue weighted by Gasteiger charge is -2.16. The minimum Gasteiger partial charge on any atom is -0.396 e. The van der Waals surface area contributed by atoms with Gasteiger partial charge in [0.25, 0.3) is 0 Å². The Balaban J connectivity index is 2.22. The van der Waals surface area contributed by atoms with Crippen LogP contribution in [0.4, 0.5) is 0 Å². The van der Waals surface area contributed by atoms with E-state index in [0.717, 1.165) is 16.5 Å². The molecule has 0 aliphatic rings. The van der Waals surface area contributed by atoms with Crippen LogP contribution in [0, 0.1) is 6.92 Å². The van der Waals surface area contributed by atoms with E-state index in [4.69, 9.17) is 9.84 Å². The second-order valence-corrected chi connectivity index (χ2v) is 6.13. The topological polar surface area (TPSA) is 71.5 Å². The standard InChI is InChI=1S/C12H20N2O3S2/c1-9-13-11(7-19-9)6-18-8-12(16)14-10(3-4-15)5-17-2/h7,10,15H,3-6,8H2,1-2H3,(H,14,16). The van der Waals surface area contributed by atoms with E-state index >= 15 is 0 Å². The number of methoxy groups -OCH3 is 1. The summed E-state index contributed by atoms with van der Waals surface area (Å²) in [4.78, 5) is 16.1. The molecule has 0 fully saturated rings. The molecule has 2 N–H and O–H groups in total. The first-order valence-corrected chi connectivity index (χ1v) is 8.07. The Labute approximate surface area is 121 Å². The number of aliphatic hydroxyl groups is 1. The van der Waals surface area contributed by atoms with E-state index in [9.17, 15) is 4.79 Å². The monoisotopic (exact) mass is 304 g/mol. The second-order valence-electron chi connectivity index (χ2n) is 4.08. The van der Waals surface area contributed by atoms with E-state index in [2.05, 4.69) is 10.3 Å². The predicted octanol–water partition coefficient (Wildman–Crippen LogP) is 1.20. The first-order valence-electron chi connectivity index (χ1n) is 6.03. The van der Waals surface area contributed by atoms with Crippen molar-refractivity contribution in [3.05, 3.63) is 16.1 Å². The molecule has 0 saturated heterocycles. The number of thioether (sulfide) groups is 1. The molecular weight excluding hydrogens is 284 g/mol. The molecule has 1 aromatic heterocycles. The van der Waals surface area contributed by atoms with E-state index in [1.807, 2.05) is 12.3 Å². The summed E-state index contributed by atoms with van der Waals surface area (Å²) >= 11 is 3.15. The quantitative estimate of drug-likeness (QED) is 0.717. The molecule has 0 radical (unpaired) electrons. The van der Waals surface area contributed by atoms with Gasteiger partial charge >= 0.3 is 0 Å². The minimum absolute atomic E-state index is 0.0348. The fraction of sp³-hybridized carbons (Fsp3) is 0.667. The van der Waals surface area contributed by atoms with Gasteiger partial charge in [-0.1, -0.05) is 0 Å². The van der Waals surface area contributed by atoms with Crippen molar-refractivity contribution in [1.29, 1.82) is 0 Å². The zero-order valence-electron chi connectivity index (χ0n) is 11.2. The van der Waals surface area contributed by atoms with Crippen molar-refractivity contribution in [3.8, 4) is 0 Å². The van der Waals surface area contributed by atoms with Gasteiger partial charge in [0.15, 0.2) is 0 Å². The number of hydrogen-bond acceptors (Lipinski definition) is 6. The number of aliphatic hydroxyl groups excluding tert-OH is 1. The van der Waals surface area contributed by atoms with Crippen molar-refractivity contribution in [3.63, 3.8) is 0 Å². The Morgan fingerprint density at radius 3 is 3.05 bits per heavy atom. The van der Waals surface area contributed by atoms with Crippen LogP contribution in [0.1, 0.15) is 17.1 Å². The molecule has 1 atom stereocenters. The summed E-state index contributed by atoms with van der Waals surface area (Å²) < 4.78 is 4.99. The molecule has 108 valence electrons. The number of aromatic nitrogens is 1. The summed E-state index contributed by atoms with van der Waals surface area (Å²) in [5, 5.41) is 14.8. The molecule has 7 heteroatoms. The highest BCUT2D eigenvalue weighted by atomic mass is 32.2. The second kappa shape index (κ2) is 9.30. The van der Waals surface area contributed by atoms with Crippen molar-refractivity contribution in [1.82, 2.24) is 10.3 Å². The number of nitrogens with one attached hydrogen (secondary N) is 1. The molecule has 5 nitrogen and oxygen atoms in total. The number of ether oxygens (including phenoxy) is 1. The van der Waals surface area contributed by atoms with Crippen LogP contribution < -0.4 is 5.32 Å². The number of nitrogens with zero attached hydrogens (tertiary/aromatic N) is 1. The maximum atomic E-state index is 11.7. The van der Waals surface area contributed by atoms with Crippen molar-refractivity contribution in [2.45, 2.75) is 25.1 Å². The number of amides is 1. The summed E-state index contributed by atoms with van der Waals surface area (Å²) in [6, 6.07) is -0.121. The van der Waals surface area contributed by atoms with Crippen molar-refractivity contribution >= 4 is 29.0 Å². The third kappa shape index (κ3) is 6.91. The highest BCUT2D eigenvalue weighted by Gasteiger charge is 2.11. The maximum absolute atomic E-state index is 11.7. The molecule has 1 unspecified atom stereocenters. The molecule has 1 rings (SSSR count). The summed E-state index contributed by atoms with van der Waals surface area (Å²) in [5.74, 6) is 1.10. The van der Waals surface area contributed by atoms with Gasteiger partial charge in [0.2, 0.25) is 5.91 Å². The van der Waals surface area contributed by atoms with Gasteiger partial charge in [0, 0.05) is 24.8 Å². The lowest BCUT2D eigenvalue weighted by atomic mass is 10.2. The van der Waals surface area contributed by atoms with Gasteiger partial charge in [-0.15, -0.1) is 23.1 Å². The fourth-order valence-corrected chi connectivity index (χ4v) is 2.99. The zero-order valence-corrected chi connectivity index (χ0v) is 12.9. The average molecular weight is 304 g/mol. The van der Waals surface area contributed by atoms with E-state index in [-0.39, 0.29) is 18.6 Å². The number of carbonyl (C=O) groups is 1. The van der Waals surface area contributed by atoms with Gasteiger partial charge in [-0.25, -0.2) is 4.98 Å². The van der Waals surface area contributed by atoms with Crippen LogP contribution in [-0.4, -0.2) is 48.1 Å². The van der Waals surface area contributed by atoms with Crippen molar-refractivity contribution in [2.24, 2.45) is 0 Å². The third-order valence-corrected chi connectivity index (χ3v) is 4.15. The van der Waals surface area contributed by atoms with Gasteiger partial charge in [-0.05, 0) is 13.3 Å². The molecule has 0 aliphatic carbocycles. The largest absolute Gasteiger partial charge is 0.396 e. The van der Waals surface area contributed by atoms with Gasteiger partial charge in [-0.2, -0.15) is 0 Å². The number of hydrogen-bond donors (Lipinski definition) is 2. The van der Waals surface area contributed by atoms with E-state index in [0.29, 0.717) is 18.8 Å². The van der Waals surface area contributed by atoms with Crippen LogP contribution in [0.3, 0.4) is 0 Å². The lowest BCUT2D eigenvalue weighted by Crippen LogP contribution is -2.39. The molecular formula is C12H20N2O3S2. The number of carbonyl (C=O) groups excluding carboxylic acids is 1. The smallest absolute Gasteiger partial charge is 0.230 e. The summed E-state index contributed by atoms with van der Waals surface area (Å²) in [5.41, 5.74) is 1.02. The third-order valence-electron chi connectivity index (χ3n) is 2.36. The van der Waals surface area contributed by atoms with Crippen LogP contribution in [0.25, 0.3) is 0 Å². The van der Waals surface area contributed by atoms with Gasteiger partial charge < -0.3 is 15.2 Å². The molecule has 0 saturated carbocycles. The van der Waals surface area contributed by atoms with Gasteiger partial charge in [0.1, 0.15) is 0 Å². The first kappa shape index (κ1) is 16.4. The Morgan fingerprint density at radius 1 is 1.68 bits per heavy atom. The molecule has 0 aromatic carbocycles. The van der Waals surface area contributed by atoms with Crippen LogP contribution in [0.2, 0.25) is 0 Å². The predicted molar refractivity (Wildman–Crippen MR) is 78.5 cm³/mol. The molecule has 0 aliphatic heterocycles. The van der Waals surface area contributed by atoms with Crippen LogP contribution in [0.15, 0.2) is 5.38 Å². The Morgan fingerprint density at radius 2 is 2.47 bits per heavy atom. The summed E-state index contributed by atoms with van der Waals surface area (Å²) in [7, 11) is 1.58. The molecule has 0 bridgehead atoms. The molecule has 0 spiro atoms. The van der Waals surface area contributed by atoms with Crippen LogP contribution in [-0.2, 0) is 15.3 Å². The maximum Gasteiger partial charge on any atom is 0.230 e. The molecule has 19 heavy (non-hydrogen) atoms. The zero-order chi connectivity index (χ0) is 14.1. The molecule has 1 aromatic rings. The highest BCUT2D eigenvalue weighted by molar-refractivity contribution is 7.99. The number of thiazole rings is 1. The fourth-order valence-electron chi connectivity index (χ4n) is 1.55. The Bertz CT molecular complexity index is 379.